The standard InChI is InChI=1S/C14H20BrN3O2.HI/c1-14(2,3)18-13(16)17-8-9-6-10(15)12-11(7-9)19-4-5-20-12;/h6-7H,4-5,8H2,1-3H3,(H3,16,17,18);1H. The van der Waals surface area contributed by atoms with Crippen LogP contribution in [-0.2, 0) is 6.54 Å². The van der Waals surface area contributed by atoms with Crippen molar-refractivity contribution in [1.29, 1.82) is 0 Å². The van der Waals surface area contributed by atoms with E-state index in [0.29, 0.717) is 25.7 Å². The van der Waals surface area contributed by atoms with E-state index in [1.54, 1.807) is 0 Å². The number of benzene rings is 1. The quantitative estimate of drug-likeness (QED) is 0.397. The summed E-state index contributed by atoms with van der Waals surface area (Å²) in [5, 5.41) is 3.13. The topological polar surface area (TPSA) is 68.9 Å². The Morgan fingerprint density at radius 1 is 1.33 bits per heavy atom. The molecule has 21 heavy (non-hydrogen) atoms. The minimum atomic E-state index is -0.0963. The molecule has 0 unspecified atom stereocenters. The van der Waals surface area contributed by atoms with E-state index in [1.165, 1.54) is 0 Å². The maximum atomic E-state index is 5.85. The summed E-state index contributed by atoms with van der Waals surface area (Å²) >= 11 is 3.49. The van der Waals surface area contributed by atoms with Crippen LogP contribution in [0.15, 0.2) is 21.6 Å². The monoisotopic (exact) mass is 469 g/mol. The van der Waals surface area contributed by atoms with Gasteiger partial charge in [-0.15, -0.1) is 24.0 Å². The Kier molecular flexibility index (Phi) is 6.58. The molecular formula is C14H21BrIN3O2. The lowest BCUT2D eigenvalue weighted by Gasteiger charge is -2.21. The normalized spacial score (nSPS) is 14.4. The summed E-state index contributed by atoms with van der Waals surface area (Å²) in [4.78, 5) is 4.34. The highest BCUT2D eigenvalue weighted by molar-refractivity contribution is 14.0. The third-order valence-electron chi connectivity index (χ3n) is 2.59. The lowest BCUT2D eigenvalue weighted by Crippen LogP contribution is -2.44. The molecule has 1 aromatic carbocycles. The third-order valence-corrected chi connectivity index (χ3v) is 3.18. The molecule has 0 saturated carbocycles. The summed E-state index contributed by atoms with van der Waals surface area (Å²) < 4.78 is 12.0. The molecule has 2 rings (SSSR count). The molecule has 0 fully saturated rings. The molecule has 0 atom stereocenters. The van der Waals surface area contributed by atoms with Crippen molar-refractivity contribution in [2.75, 3.05) is 13.2 Å². The average molecular weight is 470 g/mol. The van der Waals surface area contributed by atoms with E-state index in [1.807, 2.05) is 32.9 Å². The van der Waals surface area contributed by atoms with Crippen LogP contribution in [0.4, 0.5) is 0 Å². The van der Waals surface area contributed by atoms with Crippen LogP contribution in [0.5, 0.6) is 11.5 Å². The Hall–Kier alpha value is -0.700. The largest absolute Gasteiger partial charge is 0.486 e. The minimum absolute atomic E-state index is 0. The first-order chi connectivity index (χ1) is 9.35. The molecule has 0 aromatic heterocycles. The molecule has 118 valence electrons. The van der Waals surface area contributed by atoms with Gasteiger partial charge in [-0.2, -0.15) is 0 Å². The Morgan fingerprint density at radius 2 is 2.00 bits per heavy atom. The number of nitrogens with zero attached hydrogens (tertiary/aromatic N) is 1. The van der Waals surface area contributed by atoms with E-state index in [4.69, 9.17) is 15.2 Å². The van der Waals surface area contributed by atoms with Gasteiger partial charge < -0.3 is 20.5 Å². The van der Waals surface area contributed by atoms with Crippen LogP contribution in [0.2, 0.25) is 0 Å². The van der Waals surface area contributed by atoms with Crippen LogP contribution in [0.1, 0.15) is 26.3 Å². The van der Waals surface area contributed by atoms with Gasteiger partial charge in [-0.25, -0.2) is 4.99 Å². The SMILES string of the molecule is CC(C)(C)NC(N)=NCc1cc(Br)c2c(c1)OCCO2.I. The van der Waals surface area contributed by atoms with E-state index in [9.17, 15) is 0 Å². The predicted octanol–water partition coefficient (Wildman–Crippen LogP) is 3.04. The highest BCUT2D eigenvalue weighted by atomic mass is 127. The van der Waals surface area contributed by atoms with Crippen molar-refractivity contribution in [2.45, 2.75) is 32.9 Å². The molecule has 7 heteroatoms. The molecule has 5 nitrogen and oxygen atoms in total. The van der Waals surface area contributed by atoms with Gasteiger partial charge in [0.1, 0.15) is 13.2 Å². The van der Waals surface area contributed by atoms with Crippen molar-refractivity contribution in [2.24, 2.45) is 10.7 Å². The molecule has 3 N–H and O–H groups in total. The molecular weight excluding hydrogens is 449 g/mol. The van der Waals surface area contributed by atoms with Gasteiger partial charge in [-0.05, 0) is 54.4 Å². The van der Waals surface area contributed by atoms with Gasteiger partial charge in [0.25, 0.3) is 0 Å². The Morgan fingerprint density at radius 3 is 2.67 bits per heavy atom. The van der Waals surface area contributed by atoms with Crippen molar-refractivity contribution >= 4 is 45.9 Å². The number of nitrogens with two attached hydrogens (primary N) is 1. The van der Waals surface area contributed by atoms with Crippen LogP contribution in [-0.4, -0.2) is 24.7 Å². The number of ether oxygens (including phenoxy) is 2. The van der Waals surface area contributed by atoms with E-state index in [2.05, 4.69) is 26.2 Å². The second-order valence-electron chi connectivity index (χ2n) is 5.68. The third kappa shape index (κ3) is 5.54. The van der Waals surface area contributed by atoms with Crippen molar-refractivity contribution in [3.63, 3.8) is 0 Å². The first kappa shape index (κ1) is 18.3. The van der Waals surface area contributed by atoms with Crippen molar-refractivity contribution in [3.8, 4) is 11.5 Å². The number of fused-ring (bicyclic) bond motifs is 1. The molecule has 0 saturated heterocycles. The summed E-state index contributed by atoms with van der Waals surface area (Å²) in [6.45, 7) is 7.75. The van der Waals surface area contributed by atoms with Gasteiger partial charge in [0.2, 0.25) is 0 Å². The summed E-state index contributed by atoms with van der Waals surface area (Å²) in [6, 6.07) is 3.91. The number of hydrogen-bond acceptors (Lipinski definition) is 3. The maximum absolute atomic E-state index is 5.85. The van der Waals surface area contributed by atoms with Gasteiger partial charge in [0, 0.05) is 5.54 Å². The number of halogens is 2. The van der Waals surface area contributed by atoms with E-state index in [-0.39, 0.29) is 29.5 Å². The van der Waals surface area contributed by atoms with E-state index >= 15 is 0 Å². The highest BCUT2D eigenvalue weighted by Crippen LogP contribution is 2.38. The van der Waals surface area contributed by atoms with E-state index in [0.717, 1.165) is 21.5 Å². The van der Waals surface area contributed by atoms with Gasteiger partial charge in [-0.3, -0.25) is 0 Å². The molecule has 0 bridgehead atoms. The van der Waals surface area contributed by atoms with Crippen LogP contribution < -0.4 is 20.5 Å². The van der Waals surface area contributed by atoms with Crippen LogP contribution in [0.25, 0.3) is 0 Å². The first-order valence-electron chi connectivity index (χ1n) is 6.51. The number of rotatable bonds is 2. The lowest BCUT2D eigenvalue weighted by molar-refractivity contribution is 0.170. The second kappa shape index (κ2) is 7.53. The van der Waals surface area contributed by atoms with E-state index < -0.39 is 0 Å². The minimum Gasteiger partial charge on any atom is -0.486 e. The molecule has 0 amide bonds. The molecule has 0 aliphatic carbocycles. The number of aliphatic imine (C=N–C) groups is 1. The van der Waals surface area contributed by atoms with Crippen LogP contribution >= 0.6 is 39.9 Å². The molecule has 1 aromatic rings. The zero-order chi connectivity index (χ0) is 14.8. The van der Waals surface area contributed by atoms with Crippen LogP contribution in [0.3, 0.4) is 0 Å². The fourth-order valence-corrected chi connectivity index (χ4v) is 2.46. The summed E-state index contributed by atoms with van der Waals surface area (Å²) in [5.41, 5.74) is 6.77. The summed E-state index contributed by atoms with van der Waals surface area (Å²) in [6.07, 6.45) is 0. The Bertz CT molecular complexity index is 530. The maximum Gasteiger partial charge on any atom is 0.189 e. The Labute approximate surface area is 150 Å². The zero-order valence-electron chi connectivity index (χ0n) is 12.4. The molecule has 1 aliphatic rings. The molecule has 1 heterocycles. The summed E-state index contributed by atoms with van der Waals surface area (Å²) in [7, 11) is 0. The molecule has 1 aliphatic heterocycles. The zero-order valence-corrected chi connectivity index (χ0v) is 16.3. The molecule has 0 spiro atoms. The highest BCUT2D eigenvalue weighted by Gasteiger charge is 2.16. The predicted molar refractivity (Wildman–Crippen MR) is 98.8 cm³/mol. The number of hydrogen-bond donors (Lipinski definition) is 2. The van der Waals surface area contributed by atoms with Crippen molar-refractivity contribution in [3.05, 3.63) is 22.2 Å². The summed E-state index contributed by atoms with van der Waals surface area (Å²) in [5.74, 6) is 1.94. The van der Waals surface area contributed by atoms with Gasteiger partial charge >= 0.3 is 0 Å². The lowest BCUT2D eigenvalue weighted by atomic mass is 10.1. The molecule has 0 radical (unpaired) electrons. The number of guanidine groups is 1. The van der Waals surface area contributed by atoms with Gasteiger partial charge in [-0.1, -0.05) is 0 Å². The van der Waals surface area contributed by atoms with Crippen molar-refractivity contribution < 1.29 is 9.47 Å². The smallest absolute Gasteiger partial charge is 0.189 e. The van der Waals surface area contributed by atoms with Gasteiger partial charge in [0.05, 0.1) is 11.0 Å². The van der Waals surface area contributed by atoms with Gasteiger partial charge in [0.15, 0.2) is 17.5 Å². The van der Waals surface area contributed by atoms with Crippen LogP contribution in [0, 0.1) is 0 Å². The second-order valence-corrected chi connectivity index (χ2v) is 6.53. The first-order valence-corrected chi connectivity index (χ1v) is 7.30. The fourth-order valence-electron chi connectivity index (χ4n) is 1.86. The Balaban J connectivity index is 0.00000220. The average Bonchev–Trinajstić information content (AvgIpc) is 2.34. The van der Waals surface area contributed by atoms with Crippen molar-refractivity contribution in [1.82, 2.24) is 5.32 Å². The fraction of sp³-hybridized carbons (Fsp3) is 0.500. The number of nitrogens with one attached hydrogen (secondary N) is 1.